The quantitative estimate of drug-likeness (QED) is 0.459. The van der Waals surface area contributed by atoms with Crippen LogP contribution in [0.4, 0.5) is 0 Å². The Labute approximate surface area is 142 Å². The van der Waals surface area contributed by atoms with Gasteiger partial charge in [-0.05, 0) is 48.7 Å². The molecular weight excluding hydrogens is 407 g/mol. The number of hydrogen-bond acceptors (Lipinski definition) is 2. The number of fused-ring (bicyclic) bond motifs is 1. The minimum atomic E-state index is -0.908. The summed E-state index contributed by atoms with van der Waals surface area (Å²) in [4.78, 5) is -0.216. The molecule has 0 radical (unpaired) electrons. The number of halogens is 3. The fourth-order valence-corrected chi connectivity index (χ4v) is 6.21. The van der Waals surface area contributed by atoms with E-state index in [2.05, 4.69) is 45.7 Å². The van der Waals surface area contributed by atoms with Gasteiger partial charge in [-0.1, -0.05) is 35.9 Å². The van der Waals surface area contributed by atoms with Crippen LogP contribution in [0.25, 0.3) is 0 Å². The van der Waals surface area contributed by atoms with Crippen LogP contribution in [0.15, 0.2) is 12.2 Å². The van der Waals surface area contributed by atoms with Crippen LogP contribution >= 0.6 is 43.5 Å². The molecule has 1 spiro atoms. The van der Waals surface area contributed by atoms with Gasteiger partial charge in [0.05, 0.1) is 16.6 Å². The Hall–Kier alpha value is 0.910. The molecule has 0 aromatic carbocycles. The summed E-state index contributed by atoms with van der Waals surface area (Å²) in [5, 5.41) is 11.1. The lowest BCUT2D eigenvalue weighted by Gasteiger charge is -2.59. The molecule has 2 aliphatic carbocycles. The van der Waals surface area contributed by atoms with Crippen LogP contribution in [-0.4, -0.2) is 31.0 Å². The molecule has 0 amide bonds. The van der Waals surface area contributed by atoms with Crippen LogP contribution in [0.1, 0.15) is 40.5 Å². The van der Waals surface area contributed by atoms with Gasteiger partial charge in [-0.25, -0.2) is 0 Å². The van der Waals surface area contributed by atoms with Crippen molar-refractivity contribution in [1.82, 2.24) is 0 Å². The third-order valence-electron chi connectivity index (χ3n) is 6.10. The van der Waals surface area contributed by atoms with E-state index in [9.17, 15) is 5.11 Å². The van der Waals surface area contributed by atoms with Gasteiger partial charge in [-0.15, -0.1) is 11.6 Å². The van der Waals surface area contributed by atoms with E-state index in [1.165, 1.54) is 0 Å². The van der Waals surface area contributed by atoms with E-state index >= 15 is 0 Å². The molecule has 114 valence electrons. The molecule has 2 fully saturated rings. The molecular formula is C15H21Br2ClO2. The summed E-state index contributed by atoms with van der Waals surface area (Å²) in [6, 6.07) is 0. The van der Waals surface area contributed by atoms with Crippen molar-refractivity contribution in [2.75, 3.05) is 0 Å². The molecule has 1 saturated carbocycles. The van der Waals surface area contributed by atoms with E-state index in [1.807, 2.05) is 26.0 Å². The first-order valence-electron chi connectivity index (χ1n) is 7.02. The van der Waals surface area contributed by atoms with E-state index in [0.29, 0.717) is 0 Å². The van der Waals surface area contributed by atoms with E-state index < -0.39 is 10.1 Å². The molecule has 3 aliphatic rings. The van der Waals surface area contributed by atoms with Crippen LogP contribution in [-0.2, 0) is 4.74 Å². The third-order valence-corrected chi connectivity index (χ3v) is 9.55. The Morgan fingerprint density at radius 3 is 2.40 bits per heavy atom. The van der Waals surface area contributed by atoms with Crippen molar-refractivity contribution >= 4 is 43.5 Å². The van der Waals surface area contributed by atoms with E-state index in [0.717, 1.165) is 12.8 Å². The molecule has 3 rings (SSSR count). The zero-order valence-corrected chi connectivity index (χ0v) is 16.1. The molecule has 1 heterocycles. The summed E-state index contributed by atoms with van der Waals surface area (Å²) in [5.74, 6) is 0. The standard InChI is InChI=1S/C15H21Br2ClO2/c1-11(2)14-7-9(16)12(3,18)8-10(14)20-15(11,17)6-5-13(14,4)19/h5-6,9-10,19H,7-8H2,1-4H3/t9-,10-,12-,13+,14-,15-/m0/s1. The number of aliphatic hydroxyl groups is 1. The predicted molar refractivity (Wildman–Crippen MR) is 88.7 cm³/mol. The second-order valence-corrected chi connectivity index (χ2v) is 10.6. The van der Waals surface area contributed by atoms with Crippen molar-refractivity contribution in [3.8, 4) is 0 Å². The summed E-state index contributed by atoms with van der Waals surface area (Å²) >= 11 is 14.2. The highest BCUT2D eigenvalue weighted by Crippen LogP contribution is 2.73. The van der Waals surface area contributed by atoms with Gasteiger partial charge in [0.2, 0.25) is 0 Å². The molecule has 20 heavy (non-hydrogen) atoms. The lowest BCUT2D eigenvalue weighted by molar-refractivity contribution is -0.132. The molecule has 1 saturated heterocycles. The zero-order valence-electron chi connectivity index (χ0n) is 12.2. The number of rotatable bonds is 0. The topological polar surface area (TPSA) is 29.5 Å². The van der Waals surface area contributed by atoms with Crippen molar-refractivity contribution in [2.45, 2.75) is 66.5 Å². The van der Waals surface area contributed by atoms with Gasteiger partial charge in [0.15, 0.2) is 0 Å². The van der Waals surface area contributed by atoms with E-state index in [1.54, 1.807) is 0 Å². The molecule has 2 bridgehead atoms. The Kier molecular flexibility index (Phi) is 3.20. The van der Waals surface area contributed by atoms with Gasteiger partial charge in [-0.3, -0.25) is 0 Å². The van der Waals surface area contributed by atoms with E-state index in [-0.39, 0.29) is 26.6 Å². The van der Waals surface area contributed by atoms with Crippen LogP contribution in [0.5, 0.6) is 0 Å². The molecule has 0 aromatic heterocycles. The fraction of sp³-hybridized carbons (Fsp3) is 0.867. The highest BCUT2D eigenvalue weighted by Gasteiger charge is 2.76. The van der Waals surface area contributed by atoms with E-state index in [4.69, 9.17) is 16.3 Å². The molecule has 0 unspecified atom stereocenters. The first-order valence-corrected chi connectivity index (χ1v) is 9.11. The second-order valence-electron chi connectivity index (χ2n) is 7.48. The summed E-state index contributed by atoms with van der Waals surface area (Å²) in [7, 11) is 0. The molecule has 1 N–H and O–H groups in total. The van der Waals surface area contributed by atoms with Gasteiger partial charge >= 0.3 is 0 Å². The van der Waals surface area contributed by atoms with Crippen molar-refractivity contribution < 1.29 is 9.84 Å². The summed E-state index contributed by atoms with van der Waals surface area (Å²) < 4.78 is 5.84. The van der Waals surface area contributed by atoms with Crippen LogP contribution in [0.2, 0.25) is 0 Å². The smallest absolute Gasteiger partial charge is 0.147 e. The summed E-state index contributed by atoms with van der Waals surface area (Å²) in [5.41, 5.74) is -1.50. The fourth-order valence-electron chi connectivity index (χ4n) is 4.58. The maximum atomic E-state index is 11.1. The van der Waals surface area contributed by atoms with Crippen molar-refractivity contribution in [3.05, 3.63) is 12.2 Å². The van der Waals surface area contributed by atoms with Crippen molar-refractivity contribution in [1.29, 1.82) is 0 Å². The minimum Gasteiger partial charge on any atom is -0.385 e. The molecule has 2 nitrogen and oxygen atoms in total. The van der Waals surface area contributed by atoms with Crippen LogP contribution < -0.4 is 0 Å². The highest BCUT2D eigenvalue weighted by molar-refractivity contribution is 9.10. The van der Waals surface area contributed by atoms with Crippen molar-refractivity contribution in [2.24, 2.45) is 10.8 Å². The lowest BCUT2D eigenvalue weighted by atomic mass is 9.47. The maximum Gasteiger partial charge on any atom is 0.147 e. The predicted octanol–water partition coefficient (Wildman–Crippen LogP) is 4.36. The second kappa shape index (κ2) is 4.05. The Bertz CT molecular complexity index is 488. The summed E-state index contributed by atoms with van der Waals surface area (Å²) in [6.45, 7) is 8.30. The number of hydrogen-bond donors (Lipinski definition) is 1. The third kappa shape index (κ3) is 1.58. The van der Waals surface area contributed by atoms with Gasteiger partial charge < -0.3 is 9.84 Å². The molecule has 1 aliphatic heterocycles. The molecule has 0 aromatic rings. The first-order chi connectivity index (χ1) is 8.90. The highest BCUT2D eigenvalue weighted by atomic mass is 79.9. The zero-order chi connectivity index (χ0) is 15.2. The monoisotopic (exact) mass is 426 g/mol. The summed E-state index contributed by atoms with van der Waals surface area (Å²) in [6.07, 6.45) is 5.29. The lowest BCUT2D eigenvalue weighted by Crippen LogP contribution is -2.65. The normalized spacial score (nSPS) is 60.4. The average Bonchev–Trinajstić information content (AvgIpc) is 2.37. The SMILES string of the molecule is CC1(C)[C@]23C[C@H](Br)[C@@](C)(Cl)C[C@@H]2O[C@@]1(Br)C=C[C@@]3(C)O. The van der Waals surface area contributed by atoms with Gasteiger partial charge in [0, 0.05) is 15.7 Å². The number of ether oxygens (including phenoxy) is 1. The largest absolute Gasteiger partial charge is 0.385 e. The molecule has 6 atom stereocenters. The Morgan fingerprint density at radius 1 is 1.20 bits per heavy atom. The number of alkyl halides is 3. The Balaban J connectivity index is 2.21. The Morgan fingerprint density at radius 2 is 1.80 bits per heavy atom. The van der Waals surface area contributed by atoms with Crippen LogP contribution in [0.3, 0.4) is 0 Å². The van der Waals surface area contributed by atoms with Gasteiger partial charge in [-0.2, -0.15) is 0 Å². The maximum absolute atomic E-state index is 11.1. The van der Waals surface area contributed by atoms with Crippen molar-refractivity contribution in [3.63, 3.8) is 0 Å². The molecule has 5 heteroatoms. The van der Waals surface area contributed by atoms with Gasteiger partial charge in [0.25, 0.3) is 0 Å². The van der Waals surface area contributed by atoms with Gasteiger partial charge in [0.1, 0.15) is 4.51 Å². The van der Waals surface area contributed by atoms with Crippen LogP contribution in [0, 0.1) is 10.8 Å². The first kappa shape index (κ1) is 15.8. The minimum absolute atomic E-state index is 0.0711. The average molecular weight is 429 g/mol.